The minimum Gasteiger partial charge on any atom is -0.382 e. The molecule has 0 aliphatic rings. The van der Waals surface area contributed by atoms with Gasteiger partial charge in [0.05, 0.1) is 6.10 Å². The van der Waals surface area contributed by atoms with Gasteiger partial charge in [-0.1, -0.05) is 25.1 Å². The molecule has 0 aliphatic heterocycles. The molecule has 1 aromatic rings. The molecule has 0 aliphatic carbocycles. The zero-order chi connectivity index (χ0) is 13.4. The van der Waals surface area contributed by atoms with Crippen molar-refractivity contribution >= 4 is 0 Å². The molecule has 0 spiro atoms. The molecule has 3 heteroatoms. The summed E-state index contributed by atoms with van der Waals surface area (Å²) in [5.74, 6) is -0.111. The maximum absolute atomic E-state index is 13.6. The van der Waals surface area contributed by atoms with Crippen molar-refractivity contribution in [1.29, 1.82) is 0 Å². The molecule has 2 nitrogen and oxygen atoms in total. The van der Waals surface area contributed by atoms with Crippen LogP contribution in [0.1, 0.15) is 32.3 Å². The lowest BCUT2D eigenvalue weighted by molar-refractivity contribution is 0.106. The molecule has 1 rings (SSSR count). The summed E-state index contributed by atoms with van der Waals surface area (Å²) in [6, 6.07) is 7.31. The van der Waals surface area contributed by atoms with E-state index in [4.69, 9.17) is 4.74 Å². The van der Waals surface area contributed by atoms with Crippen LogP contribution in [0, 0.1) is 5.82 Å². The fourth-order valence-corrected chi connectivity index (χ4v) is 2.05. The minimum absolute atomic E-state index is 0.111. The smallest absolute Gasteiger partial charge is 0.126 e. The van der Waals surface area contributed by atoms with Gasteiger partial charge in [-0.3, -0.25) is 0 Å². The average Bonchev–Trinajstić information content (AvgIpc) is 2.38. The summed E-state index contributed by atoms with van der Waals surface area (Å²) in [6.07, 6.45) is 2.98. The Morgan fingerprint density at radius 2 is 2.00 bits per heavy atom. The normalized spacial score (nSPS) is 14.4. The molecule has 0 saturated carbocycles. The van der Waals surface area contributed by atoms with E-state index in [1.807, 2.05) is 12.1 Å². The molecule has 1 aromatic carbocycles. The standard InChI is InChI=1S/C15H24FNO/c1-4-17-14(10-9-12(2)18-3)11-13-7-5-6-8-15(13)16/h5-8,12,14,17H,4,9-11H2,1-3H3. The van der Waals surface area contributed by atoms with Crippen LogP contribution in [0.3, 0.4) is 0 Å². The monoisotopic (exact) mass is 253 g/mol. The summed E-state index contributed by atoms with van der Waals surface area (Å²) >= 11 is 0. The largest absolute Gasteiger partial charge is 0.382 e. The highest BCUT2D eigenvalue weighted by Gasteiger charge is 2.12. The van der Waals surface area contributed by atoms with Crippen LogP contribution in [0.2, 0.25) is 0 Å². The first-order valence-electron chi connectivity index (χ1n) is 6.67. The Hall–Kier alpha value is -0.930. The number of halogens is 1. The lowest BCUT2D eigenvalue weighted by Crippen LogP contribution is -2.32. The van der Waals surface area contributed by atoms with Crippen molar-refractivity contribution in [1.82, 2.24) is 5.32 Å². The molecule has 2 unspecified atom stereocenters. The van der Waals surface area contributed by atoms with Gasteiger partial charge in [-0.15, -0.1) is 0 Å². The SMILES string of the molecule is CCNC(CCC(C)OC)Cc1ccccc1F. The molecular formula is C15H24FNO. The van der Waals surface area contributed by atoms with Crippen LogP contribution in [-0.4, -0.2) is 25.8 Å². The van der Waals surface area contributed by atoms with Crippen molar-refractivity contribution < 1.29 is 9.13 Å². The lowest BCUT2D eigenvalue weighted by Gasteiger charge is -2.20. The van der Waals surface area contributed by atoms with Crippen LogP contribution >= 0.6 is 0 Å². The summed E-state index contributed by atoms with van der Waals surface area (Å²) in [5.41, 5.74) is 0.786. The van der Waals surface area contributed by atoms with E-state index in [9.17, 15) is 4.39 Å². The second-order valence-corrected chi connectivity index (χ2v) is 4.67. The quantitative estimate of drug-likeness (QED) is 0.768. The van der Waals surface area contributed by atoms with Crippen molar-refractivity contribution in [2.75, 3.05) is 13.7 Å². The average molecular weight is 253 g/mol. The Morgan fingerprint density at radius 3 is 2.61 bits per heavy atom. The molecule has 0 heterocycles. The molecular weight excluding hydrogens is 229 g/mol. The van der Waals surface area contributed by atoms with Crippen molar-refractivity contribution in [2.24, 2.45) is 0 Å². The maximum atomic E-state index is 13.6. The van der Waals surface area contributed by atoms with Gasteiger partial charge in [-0.05, 0) is 44.4 Å². The Labute approximate surface area is 110 Å². The van der Waals surface area contributed by atoms with Crippen molar-refractivity contribution in [2.45, 2.75) is 45.3 Å². The first kappa shape index (κ1) is 15.1. The summed E-state index contributed by atoms with van der Waals surface area (Å²) in [4.78, 5) is 0. The lowest BCUT2D eigenvalue weighted by atomic mass is 10.00. The molecule has 102 valence electrons. The van der Waals surface area contributed by atoms with Gasteiger partial charge < -0.3 is 10.1 Å². The number of nitrogens with one attached hydrogen (secondary N) is 1. The highest BCUT2D eigenvalue weighted by molar-refractivity contribution is 5.18. The van der Waals surface area contributed by atoms with Crippen LogP contribution in [0.25, 0.3) is 0 Å². The molecule has 2 atom stereocenters. The Balaban J connectivity index is 2.54. The summed E-state index contributed by atoms with van der Waals surface area (Å²) in [7, 11) is 1.73. The van der Waals surface area contributed by atoms with Gasteiger partial charge in [0.25, 0.3) is 0 Å². The van der Waals surface area contributed by atoms with E-state index in [0.717, 1.165) is 31.4 Å². The van der Waals surface area contributed by atoms with E-state index in [2.05, 4.69) is 19.2 Å². The van der Waals surface area contributed by atoms with Crippen molar-refractivity contribution in [3.8, 4) is 0 Å². The third-order valence-electron chi connectivity index (χ3n) is 3.24. The fourth-order valence-electron chi connectivity index (χ4n) is 2.05. The Bertz CT molecular complexity index is 343. The van der Waals surface area contributed by atoms with Gasteiger partial charge in [-0.25, -0.2) is 4.39 Å². The molecule has 0 saturated heterocycles. The summed E-state index contributed by atoms with van der Waals surface area (Å²) in [5, 5.41) is 3.42. The number of benzene rings is 1. The molecule has 0 bridgehead atoms. The molecule has 0 amide bonds. The molecule has 18 heavy (non-hydrogen) atoms. The summed E-state index contributed by atoms with van der Waals surface area (Å²) < 4.78 is 18.9. The van der Waals surface area contributed by atoms with Gasteiger partial charge >= 0.3 is 0 Å². The molecule has 0 radical (unpaired) electrons. The number of hydrogen-bond donors (Lipinski definition) is 1. The van der Waals surface area contributed by atoms with Gasteiger partial charge in [-0.2, -0.15) is 0 Å². The second-order valence-electron chi connectivity index (χ2n) is 4.67. The number of rotatable bonds is 8. The van der Waals surface area contributed by atoms with E-state index in [-0.39, 0.29) is 11.9 Å². The Kier molecular flexibility index (Phi) is 6.91. The van der Waals surface area contributed by atoms with Crippen molar-refractivity contribution in [3.05, 3.63) is 35.6 Å². The number of likely N-dealkylation sites (N-methyl/N-ethyl adjacent to an activating group) is 1. The van der Waals surface area contributed by atoms with Gasteiger partial charge in [0.1, 0.15) is 5.82 Å². The van der Waals surface area contributed by atoms with Crippen LogP contribution in [-0.2, 0) is 11.2 Å². The van der Waals surface area contributed by atoms with Crippen LogP contribution in [0.15, 0.2) is 24.3 Å². The Morgan fingerprint density at radius 1 is 1.28 bits per heavy atom. The third-order valence-corrected chi connectivity index (χ3v) is 3.24. The summed E-state index contributed by atoms with van der Waals surface area (Å²) in [6.45, 7) is 5.04. The predicted molar refractivity (Wildman–Crippen MR) is 73.3 cm³/mol. The number of ether oxygens (including phenoxy) is 1. The predicted octanol–water partition coefficient (Wildman–Crippen LogP) is 3.16. The molecule has 1 N–H and O–H groups in total. The highest BCUT2D eigenvalue weighted by atomic mass is 19.1. The zero-order valence-electron chi connectivity index (χ0n) is 11.6. The third kappa shape index (κ3) is 5.15. The van der Waals surface area contributed by atoms with Gasteiger partial charge in [0.15, 0.2) is 0 Å². The van der Waals surface area contributed by atoms with E-state index in [0.29, 0.717) is 6.04 Å². The zero-order valence-corrected chi connectivity index (χ0v) is 11.6. The first-order valence-corrected chi connectivity index (χ1v) is 6.67. The van der Waals surface area contributed by atoms with Gasteiger partial charge in [0, 0.05) is 13.2 Å². The van der Waals surface area contributed by atoms with E-state index >= 15 is 0 Å². The minimum atomic E-state index is -0.111. The van der Waals surface area contributed by atoms with E-state index < -0.39 is 0 Å². The van der Waals surface area contributed by atoms with Crippen molar-refractivity contribution in [3.63, 3.8) is 0 Å². The van der Waals surface area contributed by atoms with Crippen LogP contribution in [0.4, 0.5) is 4.39 Å². The van der Waals surface area contributed by atoms with Gasteiger partial charge in [0.2, 0.25) is 0 Å². The van der Waals surface area contributed by atoms with E-state index in [1.165, 1.54) is 6.07 Å². The first-order chi connectivity index (χ1) is 8.67. The van der Waals surface area contributed by atoms with E-state index in [1.54, 1.807) is 13.2 Å². The molecule has 0 aromatic heterocycles. The van der Waals surface area contributed by atoms with Crippen LogP contribution < -0.4 is 5.32 Å². The maximum Gasteiger partial charge on any atom is 0.126 e. The molecule has 0 fully saturated rings. The van der Waals surface area contributed by atoms with Crippen LogP contribution in [0.5, 0.6) is 0 Å². The topological polar surface area (TPSA) is 21.3 Å². The highest BCUT2D eigenvalue weighted by Crippen LogP contribution is 2.13. The number of hydrogen-bond acceptors (Lipinski definition) is 2. The number of methoxy groups -OCH3 is 1. The fraction of sp³-hybridized carbons (Fsp3) is 0.600. The second kappa shape index (κ2) is 8.22.